The van der Waals surface area contributed by atoms with E-state index in [4.69, 9.17) is 0 Å². The van der Waals surface area contributed by atoms with Crippen molar-refractivity contribution in [3.05, 3.63) is 18.0 Å². The molecule has 4 heterocycles. The summed E-state index contributed by atoms with van der Waals surface area (Å²) < 4.78 is 1.78. The number of hydrogen-bond donors (Lipinski definition) is 0. The van der Waals surface area contributed by atoms with E-state index in [0.29, 0.717) is 5.91 Å². The summed E-state index contributed by atoms with van der Waals surface area (Å²) in [6, 6.07) is 3.95. The highest BCUT2D eigenvalue weighted by atomic mass is 16.2. The van der Waals surface area contributed by atoms with Crippen molar-refractivity contribution in [2.75, 3.05) is 31.1 Å². The van der Waals surface area contributed by atoms with Gasteiger partial charge in [-0.05, 0) is 50.7 Å². The summed E-state index contributed by atoms with van der Waals surface area (Å²) >= 11 is 0. The van der Waals surface area contributed by atoms with Crippen LogP contribution in [0.5, 0.6) is 0 Å². The van der Waals surface area contributed by atoms with Crippen LogP contribution in [0.15, 0.2) is 12.1 Å². The van der Waals surface area contributed by atoms with Gasteiger partial charge in [-0.25, -0.2) is 0 Å². The van der Waals surface area contributed by atoms with E-state index in [0.717, 1.165) is 75.1 Å². The molecular weight excluding hydrogens is 316 g/mol. The molecule has 0 N–H and O–H groups in total. The number of aryl methyl sites for hydroxylation is 1. The molecule has 0 bridgehead atoms. The molecular formula is C18H26N6O. The quantitative estimate of drug-likeness (QED) is 0.834. The van der Waals surface area contributed by atoms with E-state index in [9.17, 15) is 4.79 Å². The maximum Gasteiger partial charge on any atom is 0.225 e. The average Bonchev–Trinajstić information content (AvgIpc) is 3.02. The number of amides is 1. The summed E-state index contributed by atoms with van der Waals surface area (Å²) in [4.78, 5) is 17.1. The molecule has 7 heteroatoms. The molecule has 7 nitrogen and oxygen atoms in total. The Morgan fingerprint density at radius 1 is 1.04 bits per heavy atom. The van der Waals surface area contributed by atoms with E-state index in [1.807, 2.05) is 19.1 Å². The minimum Gasteiger partial charge on any atom is -0.355 e. The van der Waals surface area contributed by atoms with Crippen LogP contribution in [0, 0.1) is 18.8 Å². The molecule has 0 unspecified atom stereocenters. The molecule has 2 fully saturated rings. The van der Waals surface area contributed by atoms with Gasteiger partial charge in [0.05, 0.1) is 0 Å². The SMILES string of the molecule is Cc1nnc2ccc(N3CCC(C(=O)N4CCC(C)CC4)CC3)nn12. The highest BCUT2D eigenvalue weighted by Crippen LogP contribution is 2.25. The molecule has 0 radical (unpaired) electrons. The Morgan fingerprint density at radius 3 is 2.48 bits per heavy atom. The molecule has 0 aromatic carbocycles. The number of rotatable bonds is 2. The van der Waals surface area contributed by atoms with E-state index in [2.05, 4.69) is 32.0 Å². The Kier molecular flexibility index (Phi) is 4.31. The van der Waals surface area contributed by atoms with Gasteiger partial charge in [0.15, 0.2) is 11.5 Å². The van der Waals surface area contributed by atoms with E-state index < -0.39 is 0 Å². The van der Waals surface area contributed by atoms with Crippen molar-refractivity contribution >= 4 is 17.4 Å². The van der Waals surface area contributed by atoms with Gasteiger partial charge in [-0.2, -0.15) is 4.52 Å². The summed E-state index contributed by atoms with van der Waals surface area (Å²) in [7, 11) is 0. The molecule has 0 atom stereocenters. The molecule has 2 aliphatic heterocycles. The first-order valence-corrected chi connectivity index (χ1v) is 9.34. The van der Waals surface area contributed by atoms with Crippen molar-refractivity contribution in [1.82, 2.24) is 24.7 Å². The van der Waals surface area contributed by atoms with Crippen LogP contribution in [0.4, 0.5) is 5.82 Å². The zero-order chi connectivity index (χ0) is 17.4. The second-order valence-electron chi connectivity index (χ2n) is 7.48. The molecule has 2 aliphatic rings. The Balaban J connectivity index is 1.38. The zero-order valence-electron chi connectivity index (χ0n) is 15.1. The van der Waals surface area contributed by atoms with Gasteiger partial charge in [-0.3, -0.25) is 4.79 Å². The molecule has 2 aromatic rings. The van der Waals surface area contributed by atoms with E-state index in [-0.39, 0.29) is 5.92 Å². The lowest BCUT2D eigenvalue weighted by atomic mass is 9.92. The van der Waals surface area contributed by atoms with Crippen LogP contribution in [0.2, 0.25) is 0 Å². The van der Waals surface area contributed by atoms with E-state index >= 15 is 0 Å². The van der Waals surface area contributed by atoms with Crippen LogP contribution < -0.4 is 4.90 Å². The average molecular weight is 342 g/mol. The highest BCUT2D eigenvalue weighted by Gasteiger charge is 2.30. The lowest BCUT2D eigenvalue weighted by Gasteiger charge is -2.37. The normalized spacial score (nSPS) is 20.4. The first kappa shape index (κ1) is 16.3. The molecule has 1 amide bonds. The lowest BCUT2D eigenvalue weighted by Crippen LogP contribution is -2.45. The number of anilines is 1. The number of nitrogens with zero attached hydrogens (tertiary/aromatic N) is 6. The van der Waals surface area contributed by atoms with Crippen molar-refractivity contribution in [2.24, 2.45) is 11.8 Å². The third-order valence-corrected chi connectivity index (χ3v) is 5.67. The highest BCUT2D eigenvalue weighted by molar-refractivity contribution is 5.79. The third-order valence-electron chi connectivity index (χ3n) is 5.67. The van der Waals surface area contributed by atoms with Gasteiger partial charge in [-0.15, -0.1) is 15.3 Å². The van der Waals surface area contributed by atoms with Gasteiger partial charge in [-0.1, -0.05) is 6.92 Å². The summed E-state index contributed by atoms with van der Waals surface area (Å²) in [5.74, 6) is 3.02. The third kappa shape index (κ3) is 3.19. The number of likely N-dealkylation sites (tertiary alicyclic amines) is 1. The fourth-order valence-electron chi connectivity index (χ4n) is 3.90. The van der Waals surface area contributed by atoms with Gasteiger partial charge in [0.25, 0.3) is 0 Å². The fourth-order valence-corrected chi connectivity index (χ4v) is 3.90. The van der Waals surface area contributed by atoms with Crippen LogP contribution in [0.1, 0.15) is 38.4 Å². The molecule has 2 saturated heterocycles. The Labute approximate surface area is 148 Å². The van der Waals surface area contributed by atoms with Crippen LogP contribution >= 0.6 is 0 Å². The second kappa shape index (κ2) is 6.61. The molecule has 134 valence electrons. The summed E-state index contributed by atoms with van der Waals surface area (Å²) in [5.41, 5.74) is 0.769. The Morgan fingerprint density at radius 2 is 1.76 bits per heavy atom. The maximum absolute atomic E-state index is 12.8. The number of carbonyl (C=O) groups excluding carboxylic acids is 1. The summed E-state index contributed by atoms with van der Waals surface area (Å²) in [6.45, 7) is 7.81. The van der Waals surface area contributed by atoms with Crippen LogP contribution in [-0.4, -0.2) is 56.8 Å². The molecule has 0 saturated carbocycles. The van der Waals surface area contributed by atoms with Crippen molar-refractivity contribution in [1.29, 1.82) is 0 Å². The first-order valence-electron chi connectivity index (χ1n) is 9.34. The first-order chi connectivity index (χ1) is 12.1. The number of fused-ring (bicyclic) bond motifs is 1. The minimum absolute atomic E-state index is 0.171. The van der Waals surface area contributed by atoms with Gasteiger partial charge in [0, 0.05) is 32.1 Å². The van der Waals surface area contributed by atoms with E-state index in [1.54, 1.807) is 4.52 Å². The Hall–Kier alpha value is -2.18. The largest absolute Gasteiger partial charge is 0.355 e. The molecule has 4 rings (SSSR count). The van der Waals surface area contributed by atoms with Crippen molar-refractivity contribution < 1.29 is 4.79 Å². The molecule has 2 aromatic heterocycles. The van der Waals surface area contributed by atoms with Crippen molar-refractivity contribution in [3.8, 4) is 0 Å². The van der Waals surface area contributed by atoms with Crippen LogP contribution in [0.25, 0.3) is 5.65 Å². The molecule has 25 heavy (non-hydrogen) atoms. The van der Waals surface area contributed by atoms with Crippen LogP contribution in [-0.2, 0) is 4.79 Å². The number of aromatic nitrogens is 4. The maximum atomic E-state index is 12.8. The predicted molar refractivity (Wildman–Crippen MR) is 95.4 cm³/mol. The number of carbonyl (C=O) groups is 1. The van der Waals surface area contributed by atoms with Gasteiger partial charge in [0.2, 0.25) is 5.91 Å². The topological polar surface area (TPSA) is 66.6 Å². The summed E-state index contributed by atoms with van der Waals surface area (Å²) in [6.07, 6.45) is 4.11. The van der Waals surface area contributed by atoms with Gasteiger partial charge < -0.3 is 9.80 Å². The predicted octanol–water partition coefficient (Wildman–Crippen LogP) is 1.91. The monoisotopic (exact) mass is 342 g/mol. The van der Waals surface area contributed by atoms with Crippen LogP contribution in [0.3, 0.4) is 0 Å². The number of hydrogen-bond acceptors (Lipinski definition) is 5. The minimum atomic E-state index is 0.171. The smallest absolute Gasteiger partial charge is 0.225 e. The molecule has 0 aliphatic carbocycles. The van der Waals surface area contributed by atoms with E-state index in [1.165, 1.54) is 0 Å². The summed E-state index contributed by atoms with van der Waals surface area (Å²) in [5, 5.41) is 12.8. The second-order valence-corrected chi connectivity index (χ2v) is 7.48. The van der Waals surface area contributed by atoms with Gasteiger partial charge >= 0.3 is 0 Å². The standard InChI is InChI=1S/C18H26N6O/c1-13-5-9-23(10-6-13)18(25)15-7-11-22(12-8-15)17-4-3-16-20-19-14(2)24(16)21-17/h3-4,13,15H,5-12H2,1-2H3. The molecule has 0 spiro atoms. The lowest BCUT2D eigenvalue weighted by molar-refractivity contribution is -0.137. The fraction of sp³-hybridized carbons (Fsp3) is 0.667. The number of piperidine rings is 2. The van der Waals surface area contributed by atoms with Gasteiger partial charge in [0.1, 0.15) is 5.82 Å². The zero-order valence-corrected chi connectivity index (χ0v) is 15.1. The Bertz CT molecular complexity index is 756. The van der Waals surface area contributed by atoms with Crippen molar-refractivity contribution in [2.45, 2.75) is 39.5 Å². The van der Waals surface area contributed by atoms with Crippen molar-refractivity contribution in [3.63, 3.8) is 0 Å².